The lowest BCUT2D eigenvalue weighted by atomic mass is 10.0. The molecule has 1 aromatic carbocycles. The summed E-state index contributed by atoms with van der Waals surface area (Å²) in [5, 5.41) is 4.92. The maximum absolute atomic E-state index is 13.0. The molecule has 30 heavy (non-hydrogen) atoms. The van der Waals surface area contributed by atoms with Crippen LogP contribution in [0.2, 0.25) is 0 Å². The number of methoxy groups -OCH3 is 1. The number of alkyl carbamates (subject to hydrolysis) is 1. The first-order valence-corrected chi connectivity index (χ1v) is 9.63. The van der Waals surface area contributed by atoms with Crippen molar-refractivity contribution in [3.8, 4) is 0 Å². The molecule has 166 valence electrons. The largest absolute Gasteiger partial charge is 0.468 e. The summed E-state index contributed by atoms with van der Waals surface area (Å²) in [5.41, 5.74) is -0.134. The summed E-state index contributed by atoms with van der Waals surface area (Å²) >= 11 is 0. The van der Waals surface area contributed by atoms with Gasteiger partial charge in [0.2, 0.25) is 11.8 Å². The number of carbonyl (C=O) groups is 4. The first kappa shape index (κ1) is 24.9. The lowest BCUT2D eigenvalue weighted by molar-refractivity contribution is -0.144. The van der Waals surface area contributed by atoms with Crippen molar-refractivity contribution < 1.29 is 28.7 Å². The SMILES string of the molecule is COC(=O)CNC(=O)C(c1ccccc1)N(C(=O)CNC(=O)OC(C)(C)C)C(C)C. The minimum Gasteiger partial charge on any atom is -0.468 e. The number of amides is 3. The average molecular weight is 421 g/mol. The molecule has 0 saturated heterocycles. The van der Waals surface area contributed by atoms with Gasteiger partial charge in [0.25, 0.3) is 0 Å². The zero-order valence-corrected chi connectivity index (χ0v) is 18.4. The van der Waals surface area contributed by atoms with Gasteiger partial charge in [0.1, 0.15) is 24.7 Å². The number of hydrogen-bond acceptors (Lipinski definition) is 6. The first-order valence-electron chi connectivity index (χ1n) is 9.63. The van der Waals surface area contributed by atoms with Crippen LogP contribution >= 0.6 is 0 Å². The molecule has 0 radical (unpaired) electrons. The van der Waals surface area contributed by atoms with E-state index in [0.29, 0.717) is 5.56 Å². The van der Waals surface area contributed by atoms with Gasteiger partial charge in [0.05, 0.1) is 7.11 Å². The van der Waals surface area contributed by atoms with Crippen LogP contribution in [0, 0.1) is 0 Å². The molecule has 0 spiro atoms. The van der Waals surface area contributed by atoms with Crippen LogP contribution in [0.5, 0.6) is 0 Å². The van der Waals surface area contributed by atoms with Crippen LogP contribution < -0.4 is 10.6 Å². The summed E-state index contributed by atoms with van der Waals surface area (Å²) in [5.74, 6) is -1.62. The minimum atomic E-state index is -0.996. The summed E-state index contributed by atoms with van der Waals surface area (Å²) in [6, 6.07) is 7.35. The van der Waals surface area contributed by atoms with E-state index in [0.717, 1.165) is 0 Å². The Bertz CT molecular complexity index is 743. The van der Waals surface area contributed by atoms with Crippen LogP contribution in [-0.4, -0.2) is 60.6 Å². The zero-order valence-electron chi connectivity index (χ0n) is 18.4. The molecule has 0 aliphatic rings. The molecule has 0 aromatic heterocycles. The molecule has 1 aromatic rings. The van der Waals surface area contributed by atoms with E-state index in [-0.39, 0.29) is 19.1 Å². The smallest absolute Gasteiger partial charge is 0.408 e. The number of hydrogen-bond donors (Lipinski definition) is 2. The summed E-state index contributed by atoms with van der Waals surface area (Å²) in [7, 11) is 1.22. The molecule has 2 N–H and O–H groups in total. The topological polar surface area (TPSA) is 114 Å². The number of rotatable bonds is 8. The van der Waals surface area contributed by atoms with E-state index in [4.69, 9.17) is 4.74 Å². The summed E-state index contributed by atoms with van der Waals surface area (Å²) < 4.78 is 9.70. The van der Waals surface area contributed by atoms with Gasteiger partial charge in [-0.1, -0.05) is 30.3 Å². The number of ether oxygens (including phenoxy) is 2. The fourth-order valence-electron chi connectivity index (χ4n) is 2.69. The molecule has 9 nitrogen and oxygen atoms in total. The Morgan fingerprint density at radius 2 is 1.60 bits per heavy atom. The van der Waals surface area contributed by atoms with E-state index >= 15 is 0 Å². The third kappa shape index (κ3) is 8.10. The van der Waals surface area contributed by atoms with Gasteiger partial charge in [0.15, 0.2) is 0 Å². The Balaban J connectivity index is 3.06. The second-order valence-electron chi connectivity index (χ2n) is 7.86. The van der Waals surface area contributed by atoms with Crippen molar-refractivity contribution in [2.45, 2.75) is 52.3 Å². The van der Waals surface area contributed by atoms with E-state index in [1.165, 1.54) is 12.0 Å². The maximum Gasteiger partial charge on any atom is 0.408 e. The third-order valence-electron chi connectivity index (χ3n) is 3.90. The average Bonchev–Trinajstić information content (AvgIpc) is 2.67. The van der Waals surface area contributed by atoms with Gasteiger partial charge in [-0.15, -0.1) is 0 Å². The van der Waals surface area contributed by atoms with Crippen molar-refractivity contribution in [2.24, 2.45) is 0 Å². The highest BCUT2D eigenvalue weighted by Gasteiger charge is 2.33. The van der Waals surface area contributed by atoms with Crippen molar-refractivity contribution in [2.75, 3.05) is 20.2 Å². The molecule has 0 saturated carbocycles. The highest BCUT2D eigenvalue weighted by atomic mass is 16.6. The summed E-state index contributed by atoms with van der Waals surface area (Å²) in [6.45, 7) is 7.99. The van der Waals surface area contributed by atoms with E-state index in [1.54, 1.807) is 65.0 Å². The fraction of sp³-hybridized carbons (Fsp3) is 0.524. The molecule has 0 bridgehead atoms. The van der Waals surface area contributed by atoms with Crippen LogP contribution in [0.15, 0.2) is 30.3 Å². The molecule has 0 heterocycles. The molecule has 0 aliphatic heterocycles. The third-order valence-corrected chi connectivity index (χ3v) is 3.90. The molecule has 0 aliphatic carbocycles. The van der Waals surface area contributed by atoms with Gasteiger partial charge in [0, 0.05) is 6.04 Å². The number of carbonyl (C=O) groups excluding carboxylic acids is 4. The Morgan fingerprint density at radius 3 is 2.10 bits per heavy atom. The molecule has 0 fully saturated rings. The summed E-state index contributed by atoms with van der Waals surface area (Å²) in [6.07, 6.45) is -0.731. The molecular formula is C21H31N3O6. The summed E-state index contributed by atoms with van der Waals surface area (Å²) in [4.78, 5) is 50.6. The predicted octanol–water partition coefficient (Wildman–Crippen LogP) is 1.78. The van der Waals surface area contributed by atoms with Crippen LogP contribution in [0.3, 0.4) is 0 Å². The normalized spacial score (nSPS) is 12.0. The van der Waals surface area contributed by atoms with Gasteiger partial charge >= 0.3 is 12.1 Å². The van der Waals surface area contributed by atoms with Crippen molar-refractivity contribution in [3.63, 3.8) is 0 Å². The molecular weight excluding hydrogens is 390 g/mol. The second-order valence-corrected chi connectivity index (χ2v) is 7.86. The first-order chi connectivity index (χ1) is 14.0. The van der Waals surface area contributed by atoms with Gasteiger partial charge in [-0.05, 0) is 40.2 Å². The number of esters is 1. The predicted molar refractivity (Wildman–Crippen MR) is 110 cm³/mol. The van der Waals surface area contributed by atoms with Crippen molar-refractivity contribution in [3.05, 3.63) is 35.9 Å². The van der Waals surface area contributed by atoms with Crippen molar-refractivity contribution in [1.29, 1.82) is 0 Å². The van der Waals surface area contributed by atoms with Crippen LogP contribution in [0.25, 0.3) is 0 Å². The Morgan fingerprint density at radius 1 is 1.00 bits per heavy atom. The minimum absolute atomic E-state index is 0.324. The van der Waals surface area contributed by atoms with Crippen molar-refractivity contribution in [1.82, 2.24) is 15.5 Å². The van der Waals surface area contributed by atoms with E-state index in [9.17, 15) is 19.2 Å². The van der Waals surface area contributed by atoms with Gasteiger partial charge in [-0.25, -0.2) is 4.79 Å². The fourth-order valence-corrected chi connectivity index (χ4v) is 2.69. The molecule has 9 heteroatoms. The van der Waals surface area contributed by atoms with Crippen LogP contribution in [-0.2, 0) is 23.9 Å². The Kier molecular flexibility index (Phi) is 9.29. The van der Waals surface area contributed by atoms with E-state index in [1.807, 2.05) is 0 Å². The number of nitrogens with one attached hydrogen (secondary N) is 2. The zero-order chi connectivity index (χ0) is 22.9. The van der Waals surface area contributed by atoms with E-state index < -0.39 is 35.5 Å². The van der Waals surface area contributed by atoms with Gasteiger partial charge in [-0.2, -0.15) is 0 Å². The highest BCUT2D eigenvalue weighted by Crippen LogP contribution is 2.23. The standard InChI is InChI=1S/C21H31N3O6/c1-14(2)24(16(25)12-23-20(28)30-21(3,4)5)18(15-10-8-7-9-11-15)19(27)22-13-17(26)29-6/h7-11,14,18H,12-13H2,1-6H3,(H,22,27)(H,23,28). The number of nitrogens with zero attached hydrogens (tertiary/aromatic N) is 1. The second kappa shape index (κ2) is 11.2. The molecule has 1 rings (SSSR count). The lowest BCUT2D eigenvalue weighted by Crippen LogP contribution is -2.51. The monoisotopic (exact) mass is 421 g/mol. The Labute approximate surface area is 177 Å². The van der Waals surface area contributed by atoms with Gasteiger partial charge in [-0.3, -0.25) is 14.4 Å². The molecule has 3 amide bonds. The lowest BCUT2D eigenvalue weighted by Gasteiger charge is -2.34. The molecule has 1 atom stereocenters. The van der Waals surface area contributed by atoms with Crippen LogP contribution in [0.4, 0.5) is 4.79 Å². The van der Waals surface area contributed by atoms with Crippen LogP contribution in [0.1, 0.15) is 46.2 Å². The van der Waals surface area contributed by atoms with E-state index in [2.05, 4.69) is 15.4 Å². The molecule has 1 unspecified atom stereocenters. The Hall–Kier alpha value is -3.10. The maximum atomic E-state index is 13.0. The number of benzene rings is 1. The van der Waals surface area contributed by atoms with Gasteiger partial charge < -0.3 is 25.0 Å². The highest BCUT2D eigenvalue weighted by molar-refractivity contribution is 5.92. The quantitative estimate of drug-likeness (QED) is 0.619. The van der Waals surface area contributed by atoms with Crippen molar-refractivity contribution >= 4 is 23.9 Å².